The van der Waals surface area contributed by atoms with Gasteiger partial charge in [0.25, 0.3) is 0 Å². The molecule has 0 fully saturated rings. The Kier molecular flexibility index (Phi) is 5.64. The summed E-state index contributed by atoms with van der Waals surface area (Å²) in [6.07, 6.45) is 1.46. The molecule has 7 nitrogen and oxygen atoms in total. The Morgan fingerprint density at radius 2 is 1.62 bits per heavy atom. The molecule has 0 aliphatic rings. The molecule has 26 heavy (non-hydrogen) atoms. The predicted octanol–water partition coefficient (Wildman–Crippen LogP) is 3.19. The number of hydrogen-bond acceptors (Lipinski definition) is 7. The second-order valence-electron chi connectivity index (χ2n) is 5.36. The summed E-state index contributed by atoms with van der Waals surface area (Å²) >= 11 is 3.10. The van der Waals surface area contributed by atoms with E-state index in [1.807, 2.05) is 6.07 Å². The number of nitrogens with zero attached hydrogens (tertiary/aromatic N) is 1. The first-order valence-electron chi connectivity index (χ1n) is 7.23. The summed E-state index contributed by atoms with van der Waals surface area (Å²) in [6, 6.07) is 7.32. The summed E-state index contributed by atoms with van der Waals surface area (Å²) in [4.78, 5) is 0. The predicted molar refractivity (Wildman–Crippen MR) is 98.5 cm³/mol. The van der Waals surface area contributed by atoms with Crippen LogP contribution >= 0.6 is 15.9 Å². The van der Waals surface area contributed by atoms with Crippen LogP contribution in [0.2, 0.25) is 0 Å². The lowest BCUT2D eigenvalue weighted by atomic mass is 10.1. The lowest BCUT2D eigenvalue weighted by Gasteiger charge is -2.11. The van der Waals surface area contributed by atoms with Crippen molar-refractivity contribution in [3.8, 4) is 34.8 Å². The number of phenols is 5. The molecule has 0 atom stereocenters. The van der Waals surface area contributed by atoms with Crippen LogP contribution in [-0.4, -0.2) is 25.5 Å². The van der Waals surface area contributed by atoms with E-state index in [-0.39, 0.29) is 33.8 Å². The third kappa shape index (κ3) is 4.20. The fourth-order valence-corrected chi connectivity index (χ4v) is 2.58. The molecule has 0 aliphatic carbocycles. The molecular weight excluding hydrogens is 404 g/mol. The Bertz CT molecular complexity index is 901. The summed E-state index contributed by atoms with van der Waals surface area (Å²) in [6.45, 7) is 3.89. The van der Waals surface area contributed by atoms with Crippen LogP contribution in [-0.2, 0) is 6.54 Å². The number of nitriles is 1. The van der Waals surface area contributed by atoms with Gasteiger partial charge in [-0.25, -0.2) is 0 Å². The van der Waals surface area contributed by atoms with Crippen molar-refractivity contribution in [1.82, 2.24) is 5.32 Å². The van der Waals surface area contributed by atoms with Crippen LogP contribution in [0, 0.1) is 11.3 Å². The summed E-state index contributed by atoms with van der Waals surface area (Å²) in [5.74, 6) is -2.18. The van der Waals surface area contributed by atoms with Crippen molar-refractivity contribution < 1.29 is 25.5 Å². The van der Waals surface area contributed by atoms with Crippen molar-refractivity contribution in [2.45, 2.75) is 6.54 Å². The molecular formula is C18H15BrN2O5. The molecule has 134 valence electrons. The third-order valence-electron chi connectivity index (χ3n) is 3.46. The van der Waals surface area contributed by atoms with E-state index in [9.17, 15) is 30.8 Å². The normalized spacial score (nSPS) is 11.0. The first-order valence-corrected chi connectivity index (χ1v) is 8.02. The van der Waals surface area contributed by atoms with E-state index in [0.29, 0.717) is 11.1 Å². The van der Waals surface area contributed by atoms with Crippen molar-refractivity contribution in [2.75, 3.05) is 0 Å². The van der Waals surface area contributed by atoms with E-state index < -0.39 is 17.2 Å². The third-order valence-corrected chi connectivity index (χ3v) is 4.06. The highest BCUT2D eigenvalue weighted by molar-refractivity contribution is 9.10. The first kappa shape index (κ1) is 19.0. The minimum Gasteiger partial charge on any atom is -0.504 e. The van der Waals surface area contributed by atoms with E-state index in [0.717, 1.165) is 0 Å². The highest BCUT2D eigenvalue weighted by Crippen LogP contribution is 2.36. The van der Waals surface area contributed by atoms with Crippen LogP contribution < -0.4 is 5.32 Å². The number of hydrogen-bond donors (Lipinski definition) is 6. The van der Waals surface area contributed by atoms with Gasteiger partial charge in [-0.05, 0) is 57.4 Å². The Morgan fingerprint density at radius 1 is 1.04 bits per heavy atom. The van der Waals surface area contributed by atoms with Gasteiger partial charge in [0, 0.05) is 12.2 Å². The molecule has 0 heterocycles. The second kappa shape index (κ2) is 7.72. The molecule has 2 rings (SSSR count). The van der Waals surface area contributed by atoms with E-state index in [4.69, 9.17) is 0 Å². The summed E-state index contributed by atoms with van der Waals surface area (Å²) in [5.41, 5.74) is 1.37. The molecule has 0 amide bonds. The number of phenolic OH excluding ortho intramolecular Hbond substituents is 5. The molecule has 0 saturated heterocycles. The highest BCUT2D eigenvalue weighted by Gasteiger charge is 2.10. The quantitative estimate of drug-likeness (QED) is 0.249. The number of halogens is 1. The van der Waals surface area contributed by atoms with Gasteiger partial charge in [0.2, 0.25) is 0 Å². The number of allylic oxidation sites excluding steroid dienone is 1. The summed E-state index contributed by atoms with van der Waals surface area (Å²) < 4.78 is 0.273. The largest absolute Gasteiger partial charge is 0.504 e. The van der Waals surface area contributed by atoms with Crippen LogP contribution in [0.1, 0.15) is 11.1 Å². The summed E-state index contributed by atoms with van der Waals surface area (Å²) in [7, 11) is 0. The van der Waals surface area contributed by atoms with Crippen molar-refractivity contribution in [3.05, 3.63) is 57.7 Å². The SMILES string of the molecule is C=C(NCc1cc(O)c(O)c(O)c1)/C(C#N)=C/c1cc(O)c(O)c(Br)c1. The van der Waals surface area contributed by atoms with E-state index in [1.54, 1.807) is 0 Å². The first-order chi connectivity index (χ1) is 12.2. The van der Waals surface area contributed by atoms with Gasteiger partial charge in [0.1, 0.15) is 6.07 Å². The second-order valence-corrected chi connectivity index (χ2v) is 6.21. The van der Waals surface area contributed by atoms with Crippen molar-refractivity contribution in [2.24, 2.45) is 0 Å². The average molecular weight is 419 g/mol. The lowest BCUT2D eigenvalue weighted by Crippen LogP contribution is -2.13. The molecule has 0 radical (unpaired) electrons. The van der Waals surface area contributed by atoms with Crippen LogP contribution in [0.15, 0.2) is 46.6 Å². The zero-order valence-corrected chi connectivity index (χ0v) is 14.9. The molecule has 0 bridgehead atoms. The maximum absolute atomic E-state index is 9.63. The molecule has 0 aliphatic heterocycles. The molecule has 2 aromatic carbocycles. The van der Waals surface area contributed by atoms with Crippen LogP contribution in [0.5, 0.6) is 28.7 Å². The van der Waals surface area contributed by atoms with Gasteiger partial charge in [-0.2, -0.15) is 5.26 Å². The number of nitrogens with one attached hydrogen (secondary N) is 1. The molecule has 0 saturated carbocycles. The molecule has 0 unspecified atom stereocenters. The van der Waals surface area contributed by atoms with Crippen LogP contribution in [0.4, 0.5) is 0 Å². The number of benzene rings is 2. The van der Waals surface area contributed by atoms with Gasteiger partial charge in [0.15, 0.2) is 28.7 Å². The van der Waals surface area contributed by atoms with Crippen molar-refractivity contribution in [3.63, 3.8) is 0 Å². The molecule has 0 spiro atoms. The number of rotatable bonds is 5. The van der Waals surface area contributed by atoms with Gasteiger partial charge in [-0.3, -0.25) is 0 Å². The molecule has 6 N–H and O–H groups in total. The van der Waals surface area contributed by atoms with Gasteiger partial charge >= 0.3 is 0 Å². The maximum Gasteiger partial charge on any atom is 0.200 e. The highest BCUT2D eigenvalue weighted by atomic mass is 79.9. The number of aromatic hydroxyl groups is 5. The minimum atomic E-state index is -0.608. The fraction of sp³-hybridized carbons (Fsp3) is 0.0556. The Labute approximate surface area is 157 Å². The van der Waals surface area contributed by atoms with E-state index in [2.05, 4.69) is 27.8 Å². The smallest absolute Gasteiger partial charge is 0.200 e. The van der Waals surface area contributed by atoms with Gasteiger partial charge in [-0.1, -0.05) is 6.58 Å². The molecule has 8 heteroatoms. The van der Waals surface area contributed by atoms with Gasteiger partial charge in [0.05, 0.1) is 10.0 Å². The Hall–Kier alpha value is -3.31. The maximum atomic E-state index is 9.63. The molecule has 0 aromatic heterocycles. The zero-order valence-electron chi connectivity index (χ0n) is 13.4. The molecule has 2 aromatic rings. The van der Waals surface area contributed by atoms with Gasteiger partial charge < -0.3 is 30.8 Å². The van der Waals surface area contributed by atoms with E-state index >= 15 is 0 Å². The minimum absolute atomic E-state index is 0.129. The van der Waals surface area contributed by atoms with Crippen LogP contribution in [0.3, 0.4) is 0 Å². The zero-order chi connectivity index (χ0) is 19.4. The lowest BCUT2D eigenvalue weighted by molar-refractivity contribution is 0.367. The summed E-state index contributed by atoms with van der Waals surface area (Å²) in [5, 5.41) is 59.7. The van der Waals surface area contributed by atoms with Crippen molar-refractivity contribution in [1.29, 1.82) is 5.26 Å². The van der Waals surface area contributed by atoms with Gasteiger partial charge in [-0.15, -0.1) is 0 Å². The van der Waals surface area contributed by atoms with Crippen molar-refractivity contribution >= 4 is 22.0 Å². The standard InChI is InChI=1S/C18H15BrN2O5/c1-9(21-8-11-5-15(23)18(26)16(24)6-11)12(7-20)2-10-3-13(19)17(25)14(22)4-10/h2-6,21-26H,1,8H2/b12-2+. The van der Waals surface area contributed by atoms with Crippen LogP contribution in [0.25, 0.3) is 6.08 Å². The Balaban J connectivity index is 2.18. The topological polar surface area (TPSA) is 137 Å². The monoisotopic (exact) mass is 418 g/mol. The fourth-order valence-electron chi connectivity index (χ4n) is 2.11. The average Bonchev–Trinajstić information content (AvgIpc) is 2.59. The Morgan fingerprint density at radius 3 is 2.15 bits per heavy atom. The van der Waals surface area contributed by atoms with E-state index in [1.165, 1.54) is 30.3 Å².